The lowest BCUT2D eigenvalue weighted by molar-refractivity contribution is -0.140. The van der Waals surface area contributed by atoms with E-state index in [1.54, 1.807) is 74.5 Å². The van der Waals surface area contributed by atoms with Crippen molar-refractivity contribution in [2.24, 2.45) is 0 Å². The lowest BCUT2D eigenvalue weighted by Gasteiger charge is -2.33. The normalized spacial score (nSPS) is 11.9. The molecule has 0 aliphatic carbocycles. The van der Waals surface area contributed by atoms with Gasteiger partial charge in [0.1, 0.15) is 18.3 Å². The van der Waals surface area contributed by atoms with Gasteiger partial charge in [-0.25, -0.2) is 8.42 Å². The first-order valence-electron chi connectivity index (χ1n) is 12.4. The van der Waals surface area contributed by atoms with Crippen LogP contribution in [-0.2, 0) is 26.2 Å². The zero-order chi connectivity index (χ0) is 28.6. The number of hydrogen-bond donors (Lipinski definition) is 1. The summed E-state index contributed by atoms with van der Waals surface area (Å²) in [6, 6.07) is 18.5. The Kier molecular flexibility index (Phi) is 10.6. The van der Waals surface area contributed by atoms with Crippen molar-refractivity contribution < 1.29 is 22.7 Å². The minimum Gasteiger partial charge on any atom is -0.492 e. The van der Waals surface area contributed by atoms with Crippen LogP contribution in [0.5, 0.6) is 5.75 Å². The summed E-state index contributed by atoms with van der Waals surface area (Å²) in [5.41, 5.74) is 0.839. The number of nitrogens with one attached hydrogen (secondary N) is 1. The van der Waals surface area contributed by atoms with Crippen LogP contribution in [0.4, 0.5) is 5.69 Å². The highest BCUT2D eigenvalue weighted by Crippen LogP contribution is 2.33. The molecule has 1 atom stereocenters. The molecular weight excluding hydrogens is 561 g/mol. The molecule has 0 spiro atoms. The molecule has 0 unspecified atom stereocenters. The van der Waals surface area contributed by atoms with Crippen LogP contribution >= 0.6 is 23.2 Å². The number of ether oxygens (including phenoxy) is 1. The Morgan fingerprint density at radius 2 is 1.62 bits per heavy atom. The van der Waals surface area contributed by atoms with Crippen LogP contribution in [0.3, 0.4) is 0 Å². The molecule has 0 radical (unpaired) electrons. The van der Waals surface area contributed by atoms with Crippen LogP contribution in [0, 0.1) is 0 Å². The number of anilines is 1. The second-order valence-electron chi connectivity index (χ2n) is 8.53. The zero-order valence-corrected chi connectivity index (χ0v) is 24.3. The minimum atomic E-state index is -4.20. The fourth-order valence-electron chi connectivity index (χ4n) is 4.09. The summed E-state index contributed by atoms with van der Waals surface area (Å²) < 4.78 is 34.5. The molecule has 0 fully saturated rings. The quantitative estimate of drug-likeness (QED) is 0.314. The standard InChI is InChI=1S/C28H31Cl2N3O5S/c1-4-24(28(35)31-3)32(18-20-15-16-22(29)23(30)17-20)27(34)19-33(25-13-9-10-14-26(25)38-5-2)39(36,37)21-11-7-6-8-12-21/h6-17,24H,4-5,18-19H2,1-3H3,(H,31,35)/t24-/m0/s1. The summed E-state index contributed by atoms with van der Waals surface area (Å²) in [7, 11) is -2.72. The van der Waals surface area contributed by atoms with E-state index in [0.717, 1.165) is 4.31 Å². The number of halogens is 2. The first-order chi connectivity index (χ1) is 18.6. The lowest BCUT2D eigenvalue weighted by atomic mass is 10.1. The molecule has 3 aromatic carbocycles. The first kappa shape index (κ1) is 30.3. The Morgan fingerprint density at radius 3 is 2.23 bits per heavy atom. The van der Waals surface area contributed by atoms with Crippen LogP contribution in [-0.4, -0.2) is 51.4 Å². The topological polar surface area (TPSA) is 96.0 Å². The van der Waals surface area contributed by atoms with Crippen molar-refractivity contribution >= 4 is 50.7 Å². The van der Waals surface area contributed by atoms with Gasteiger partial charge in [-0.3, -0.25) is 13.9 Å². The van der Waals surface area contributed by atoms with E-state index < -0.39 is 28.5 Å². The average Bonchev–Trinajstić information content (AvgIpc) is 2.94. The number of likely N-dealkylation sites (N-methyl/N-ethyl adjacent to an activating group) is 1. The van der Waals surface area contributed by atoms with Crippen molar-refractivity contribution in [2.75, 3.05) is 24.5 Å². The maximum atomic E-state index is 14.0. The molecule has 0 heterocycles. The van der Waals surface area contributed by atoms with E-state index in [1.807, 2.05) is 0 Å². The van der Waals surface area contributed by atoms with Crippen molar-refractivity contribution in [3.63, 3.8) is 0 Å². The summed E-state index contributed by atoms with van der Waals surface area (Å²) in [5, 5.41) is 3.24. The SMILES string of the molecule is CCOc1ccccc1N(CC(=O)N(Cc1ccc(Cl)c(Cl)c1)[C@@H](CC)C(=O)NC)S(=O)(=O)c1ccccc1. The third-order valence-electron chi connectivity index (χ3n) is 6.01. The third-order valence-corrected chi connectivity index (χ3v) is 8.53. The zero-order valence-electron chi connectivity index (χ0n) is 21.9. The molecule has 11 heteroatoms. The van der Waals surface area contributed by atoms with Gasteiger partial charge in [-0.2, -0.15) is 0 Å². The molecule has 8 nitrogen and oxygen atoms in total. The maximum Gasteiger partial charge on any atom is 0.264 e. The van der Waals surface area contributed by atoms with E-state index in [4.69, 9.17) is 27.9 Å². The predicted octanol–water partition coefficient (Wildman–Crippen LogP) is 5.14. The average molecular weight is 593 g/mol. The molecule has 1 N–H and O–H groups in total. The van der Waals surface area contributed by atoms with Gasteiger partial charge in [0.15, 0.2) is 0 Å². The van der Waals surface area contributed by atoms with Gasteiger partial charge >= 0.3 is 0 Å². The largest absolute Gasteiger partial charge is 0.492 e. The fourth-order valence-corrected chi connectivity index (χ4v) is 5.86. The van der Waals surface area contributed by atoms with Gasteiger partial charge in [-0.05, 0) is 55.3 Å². The van der Waals surface area contributed by atoms with E-state index in [-0.39, 0.29) is 23.0 Å². The number of nitrogens with zero attached hydrogens (tertiary/aromatic N) is 2. The van der Waals surface area contributed by atoms with Gasteiger partial charge in [0, 0.05) is 13.6 Å². The highest BCUT2D eigenvalue weighted by molar-refractivity contribution is 7.92. The molecule has 0 aliphatic heterocycles. The van der Waals surface area contributed by atoms with Gasteiger partial charge < -0.3 is 15.0 Å². The third kappa shape index (κ3) is 7.23. The van der Waals surface area contributed by atoms with Crippen LogP contribution in [0.1, 0.15) is 25.8 Å². The van der Waals surface area contributed by atoms with E-state index in [9.17, 15) is 18.0 Å². The monoisotopic (exact) mass is 591 g/mol. The number of amides is 2. The summed E-state index contributed by atoms with van der Waals surface area (Å²) in [6.07, 6.45) is 0.299. The summed E-state index contributed by atoms with van der Waals surface area (Å²) in [4.78, 5) is 28.2. The van der Waals surface area contributed by atoms with Crippen molar-refractivity contribution in [3.05, 3.63) is 88.4 Å². The second kappa shape index (κ2) is 13.7. The van der Waals surface area contributed by atoms with Crippen LogP contribution in [0.2, 0.25) is 10.0 Å². The number of carbonyl (C=O) groups excluding carboxylic acids is 2. The molecule has 39 heavy (non-hydrogen) atoms. The second-order valence-corrected chi connectivity index (χ2v) is 11.2. The number of carbonyl (C=O) groups is 2. The van der Waals surface area contributed by atoms with Gasteiger partial charge in [0.25, 0.3) is 10.0 Å². The van der Waals surface area contributed by atoms with Crippen molar-refractivity contribution in [2.45, 2.75) is 37.8 Å². The number of sulfonamides is 1. The van der Waals surface area contributed by atoms with Gasteiger partial charge in [-0.1, -0.05) is 66.5 Å². The van der Waals surface area contributed by atoms with Crippen LogP contribution < -0.4 is 14.4 Å². The number of hydrogen-bond acceptors (Lipinski definition) is 5. The fraction of sp³-hybridized carbons (Fsp3) is 0.286. The molecule has 3 rings (SSSR count). The van der Waals surface area contributed by atoms with Gasteiger partial charge in [0.2, 0.25) is 11.8 Å². The van der Waals surface area contributed by atoms with Crippen molar-refractivity contribution in [1.82, 2.24) is 10.2 Å². The number of benzene rings is 3. The maximum absolute atomic E-state index is 14.0. The summed E-state index contributed by atoms with van der Waals surface area (Å²) in [6.45, 7) is 3.29. The molecule has 0 saturated carbocycles. The summed E-state index contributed by atoms with van der Waals surface area (Å²) in [5.74, 6) is -0.651. The Morgan fingerprint density at radius 1 is 0.949 bits per heavy atom. The number of rotatable bonds is 12. The van der Waals surface area contributed by atoms with Crippen LogP contribution in [0.25, 0.3) is 0 Å². The smallest absolute Gasteiger partial charge is 0.264 e. The van der Waals surface area contributed by atoms with Crippen molar-refractivity contribution in [1.29, 1.82) is 0 Å². The van der Waals surface area contributed by atoms with Gasteiger partial charge in [-0.15, -0.1) is 0 Å². The van der Waals surface area contributed by atoms with E-state index >= 15 is 0 Å². The van der Waals surface area contributed by atoms with Crippen LogP contribution in [0.15, 0.2) is 77.7 Å². The predicted molar refractivity (Wildman–Crippen MR) is 154 cm³/mol. The minimum absolute atomic E-state index is 0.00792. The Hall–Kier alpha value is -3.27. The molecule has 3 aromatic rings. The van der Waals surface area contributed by atoms with Gasteiger partial charge in [0.05, 0.1) is 27.2 Å². The molecular formula is C28H31Cl2N3O5S. The molecule has 0 aliphatic rings. The summed E-state index contributed by atoms with van der Waals surface area (Å²) >= 11 is 12.3. The first-order valence-corrected chi connectivity index (χ1v) is 14.6. The number of para-hydroxylation sites is 2. The Bertz CT molecular complexity index is 1400. The highest BCUT2D eigenvalue weighted by Gasteiger charge is 2.34. The molecule has 0 aromatic heterocycles. The Labute approximate surface area is 239 Å². The molecule has 2 amide bonds. The van der Waals surface area contributed by atoms with E-state index in [1.165, 1.54) is 24.1 Å². The van der Waals surface area contributed by atoms with E-state index in [2.05, 4.69) is 5.32 Å². The lowest BCUT2D eigenvalue weighted by Crippen LogP contribution is -2.51. The molecule has 208 valence electrons. The Balaban J connectivity index is 2.11. The van der Waals surface area contributed by atoms with E-state index in [0.29, 0.717) is 34.4 Å². The molecule has 0 bridgehead atoms. The van der Waals surface area contributed by atoms with Crippen molar-refractivity contribution in [3.8, 4) is 5.75 Å². The highest BCUT2D eigenvalue weighted by atomic mass is 35.5. The molecule has 0 saturated heterocycles.